The fourth-order valence-electron chi connectivity index (χ4n) is 3.28. The number of amides is 1. The highest BCUT2D eigenvalue weighted by molar-refractivity contribution is 5.99. The molecule has 1 aromatic heterocycles. The number of aromatic nitrogens is 1. The highest BCUT2D eigenvalue weighted by atomic mass is 19.1. The summed E-state index contributed by atoms with van der Waals surface area (Å²) >= 11 is 0. The van der Waals surface area contributed by atoms with Crippen LogP contribution in [-0.2, 0) is 6.42 Å². The third-order valence-electron chi connectivity index (χ3n) is 4.82. The number of nitrogens with one attached hydrogen (secondary N) is 1. The molecule has 0 bridgehead atoms. The lowest BCUT2D eigenvalue weighted by atomic mass is 9.86. The maximum absolute atomic E-state index is 14.2. The Morgan fingerprint density at radius 2 is 2.24 bits per heavy atom. The highest BCUT2D eigenvalue weighted by Gasteiger charge is 2.30. The number of primary amides is 1. The van der Waals surface area contributed by atoms with Crippen LogP contribution in [0.4, 0.5) is 10.1 Å². The molecule has 1 heterocycles. The van der Waals surface area contributed by atoms with Gasteiger partial charge in [-0.3, -0.25) is 9.78 Å². The molecule has 1 saturated carbocycles. The molecule has 1 amide bonds. The molecule has 0 spiro atoms. The second-order valence-corrected chi connectivity index (χ2v) is 7.43. The number of halogens is 1. The fourth-order valence-corrected chi connectivity index (χ4v) is 3.28. The first-order valence-corrected chi connectivity index (χ1v) is 8.74. The van der Waals surface area contributed by atoms with E-state index in [1.165, 1.54) is 20.0 Å². The maximum Gasteiger partial charge on any atom is 0.252 e. The van der Waals surface area contributed by atoms with Gasteiger partial charge in [-0.1, -0.05) is 6.42 Å². The first-order chi connectivity index (χ1) is 11.7. The number of aliphatic hydroxyl groups excluding tert-OH is 1. The Bertz CT molecular complexity index is 604. The van der Waals surface area contributed by atoms with Gasteiger partial charge in [0.25, 0.3) is 5.91 Å². The van der Waals surface area contributed by atoms with Gasteiger partial charge in [-0.15, -0.1) is 0 Å². The lowest BCUT2D eigenvalue weighted by Crippen LogP contribution is -2.35. The van der Waals surface area contributed by atoms with Crippen LogP contribution < -0.4 is 11.1 Å². The van der Waals surface area contributed by atoms with Gasteiger partial charge < -0.3 is 21.3 Å². The Morgan fingerprint density at radius 3 is 2.84 bits per heavy atom. The highest BCUT2D eigenvalue weighted by Crippen LogP contribution is 2.29. The number of aliphatic hydroxyl groups is 2. The fraction of sp³-hybridized carbons (Fsp3) is 0.667. The molecule has 0 radical (unpaired) electrons. The van der Waals surface area contributed by atoms with Gasteiger partial charge in [-0.25, -0.2) is 4.39 Å². The van der Waals surface area contributed by atoms with Crippen molar-refractivity contribution in [1.29, 1.82) is 0 Å². The molecule has 1 aromatic rings. The second-order valence-electron chi connectivity index (χ2n) is 7.43. The van der Waals surface area contributed by atoms with Crippen molar-refractivity contribution in [2.45, 2.75) is 63.8 Å². The molecule has 2 rings (SSSR count). The van der Waals surface area contributed by atoms with E-state index in [1.54, 1.807) is 6.07 Å². The Labute approximate surface area is 147 Å². The van der Waals surface area contributed by atoms with Crippen molar-refractivity contribution >= 4 is 11.6 Å². The summed E-state index contributed by atoms with van der Waals surface area (Å²) in [6, 6.07) is 1.78. The summed E-state index contributed by atoms with van der Waals surface area (Å²) in [4.78, 5) is 16.1. The van der Waals surface area contributed by atoms with E-state index in [-0.39, 0.29) is 36.2 Å². The minimum absolute atomic E-state index is 0.120. The first kappa shape index (κ1) is 19.6. The second kappa shape index (κ2) is 8.10. The molecule has 0 aliphatic heterocycles. The number of alkyl halides is 1. The van der Waals surface area contributed by atoms with E-state index >= 15 is 0 Å². The van der Waals surface area contributed by atoms with Crippen LogP contribution in [0.2, 0.25) is 0 Å². The zero-order valence-electron chi connectivity index (χ0n) is 14.8. The summed E-state index contributed by atoms with van der Waals surface area (Å²) in [5.41, 5.74) is 4.92. The van der Waals surface area contributed by atoms with Crippen LogP contribution in [0.15, 0.2) is 12.3 Å². The van der Waals surface area contributed by atoms with Crippen LogP contribution in [0.25, 0.3) is 0 Å². The third kappa shape index (κ3) is 5.12. The zero-order valence-corrected chi connectivity index (χ0v) is 14.8. The predicted octanol–water partition coefficient (Wildman–Crippen LogP) is 1.79. The first-order valence-electron chi connectivity index (χ1n) is 8.74. The Morgan fingerprint density at radius 1 is 1.52 bits per heavy atom. The number of hydrogen-bond donors (Lipinski definition) is 4. The molecule has 5 N–H and O–H groups in total. The molecule has 25 heavy (non-hydrogen) atoms. The number of hydrogen-bond acceptors (Lipinski definition) is 5. The summed E-state index contributed by atoms with van der Waals surface area (Å²) in [5.74, 6) is -0.432. The van der Waals surface area contributed by atoms with E-state index in [9.17, 15) is 19.4 Å². The molecular formula is C18H28FN3O3. The van der Waals surface area contributed by atoms with E-state index < -0.39 is 17.7 Å². The van der Waals surface area contributed by atoms with Gasteiger partial charge in [-0.05, 0) is 45.1 Å². The van der Waals surface area contributed by atoms with Gasteiger partial charge >= 0.3 is 0 Å². The van der Waals surface area contributed by atoms with Gasteiger partial charge in [0, 0.05) is 25.3 Å². The molecule has 1 fully saturated rings. The largest absolute Gasteiger partial charge is 0.396 e. The molecule has 6 nitrogen and oxygen atoms in total. The van der Waals surface area contributed by atoms with E-state index in [1.807, 2.05) is 0 Å². The van der Waals surface area contributed by atoms with E-state index in [2.05, 4.69) is 10.3 Å². The van der Waals surface area contributed by atoms with Crippen molar-refractivity contribution in [3.63, 3.8) is 0 Å². The molecule has 3 atom stereocenters. The number of carbonyl (C=O) groups is 1. The summed E-state index contributed by atoms with van der Waals surface area (Å²) in [6.45, 7) is 2.90. The third-order valence-corrected chi connectivity index (χ3v) is 4.82. The van der Waals surface area contributed by atoms with Crippen LogP contribution in [-0.4, -0.2) is 45.5 Å². The van der Waals surface area contributed by atoms with Crippen molar-refractivity contribution in [3.05, 3.63) is 23.5 Å². The number of nitrogens with zero attached hydrogens (tertiary/aromatic N) is 1. The van der Waals surface area contributed by atoms with Gasteiger partial charge in [-0.2, -0.15) is 0 Å². The van der Waals surface area contributed by atoms with Crippen LogP contribution in [0, 0.1) is 5.92 Å². The predicted molar refractivity (Wildman–Crippen MR) is 94.1 cm³/mol. The lowest BCUT2D eigenvalue weighted by Gasteiger charge is -2.30. The molecule has 0 aromatic carbocycles. The van der Waals surface area contributed by atoms with Crippen LogP contribution in [0.1, 0.15) is 55.6 Å². The van der Waals surface area contributed by atoms with Crippen LogP contribution in [0.5, 0.6) is 0 Å². The molecule has 2 unspecified atom stereocenters. The standard InChI is InChI=1S/C18H28FN3O3/c1-18(2,25)15(19)9-14-16(17(20)24)13(6-7-21-14)22-12-5-3-4-11(8-12)10-23/h6-7,11-12,15,23,25H,3-5,8-10H2,1-2H3,(H2,20,24)(H,21,22)/t11?,12?,15-/m1/s1. The van der Waals surface area contributed by atoms with Crippen molar-refractivity contribution in [2.24, 2.45) is 11.7 Å². The average Bonchev–Trinajstić information content (AvgIpc) is 2.54. The number of carbonyl (C=O) groups excluding carboxylic acids is 1. The van der Waals surface area contributed by atoms with Gasteiger partial charge in [0.2, 0.25) is 0 Å². The molecule has 1 aliphatic rings. The van der Waals surface area contributed by atoms with E-state index in [0.29, 0.717) is 5.69 Å². The molecule has 7 heteroatoms. The molecule has 0 saturated heterocycles. The summed E-state index contributed by atoms with van der Waals surface area (Å²) < 4.78 is 14.2. The smallest absolute Gasteiger partial charge is 0.252 e. The minimum Gasteiger partial charge on any atom is -0.396 e. The number of anilines is 1. The van der Waals surface area contributed by atoms with Crippen molar-refractivity contribution < 1.29 is 19.4 Å². The summed E-state index contributed by atoms with van der Waals surface area (Å²) in [7, 11) is 0. The Hall–Kier alpha value is -1.73. The van der Waals surface area contributed by atoms with Gasteiger partial charge in [0.15, 0.2) is 0 Å². The lowest BCUT2D eigenvalue weighted by molar-refractivity contribution is -0.00307. The number of pyridine rings is 1. The van der Waals surface area contributed by atoms with Crippen molar-refractivity contribution in [3.8, 4) is 0 Å². The quantitative estimate of drug-likeness (QED) is 0.598. The number of nitrogens with two attached hydrogens (primary N) is 1. The topological polar surface area (TPSA) is 108 Å². The monoisotopic (exact) mass is 353 g/mol. The average molecular weight is 353 g/mol. The summed E-state index contributed by atoms with van der Waals surface area (Å²) in [6.07, 6.45) is 3.48. The van der Waals surface area contributed by atoms with Crippen LogP contribution >= 0.6 is 0 Å². The Balaban J connectivity index is 2.23. The minimum atomic E-state index is -1.57. The molecular weight excluding hydrogens is 325 g/mol. The van der Waals surface area contributed by atoms with Crippen LogP contribution in [0.3, 0.4) is 0 Å². The Kier molecular flexibility index (Phi) is 6.35. The van der Waals surface area contributed by atoms with Crippen molar-refractivity contribution in [1.82, 2.24) is 4.98 Å². The van der Waals surface area contributed by atoms with E-state index in [0.717, 1.165) is 25.7 Å². The van der Waals surface area contributed by atoms with Crippen molar-refractivity contribution in [2.75, 3.05) is 11.9 Å². The van der Waals surface area contributed by atoms with E-state index in [4.69, 9.17) is 5.73 Å². The molecule has 1 aliphatic carbocycles. The normalized spacial score (nSPS) is 22.4. The maximum atomic E-state index is 14.2. The summed E-state index contributed by atoms with van der Waals surface area (Å²) in [5, 5.41) is 22.5. The zero-order chi connectivity index (χ0) is 18.6. The SMILES string of the molecule is CC(C)(O)[C@H](F)Cc1nccc(NC2CCCC(CO)C2)c1C(N)=O. The van der Waals surface area contributed by atoms with Gasteiger partial charge in [0.05, 0.1) is 22.5 Å². The molecule has 140 valence electrons. The van der Waals surface area contributed by atoms with Gasteiger partial charge in [0.1, 0.15) is 6.17 Å². The number of rotatable bonds is 7.